The van der Waals surface area contributed by atoms with Crippen LogP contribution in [-0.2, 0) is 19.1 Å². The van der Waals surface area contributed by atoms with E-state index in [0.717, 1.165) is 0 Å². The fourth-order valence-corrected chi connectivity index (χ4v) is 2.25. The molecule has 0 aromatic carbocycles. The number of aliphatic hydroxyl groups excluding tert-OH is 1. The summed E-state index contributed by atoms with van der Waals surface area (Å²) in [4.78, 5) is 22.9. The molecule has 0 spiro atoms. The highest BCUT2D eigenvalue weighted by molar-refractivity contribution is 6.21. The summed E-state index contributed by atoms with van der Waals surface area (Å²) in [5.41, 5.74) is 0. The van der Waals surface area contributed by atoms with Gasteiger partial charge < -0.3 is 14.6 Å². The summed E-state index contributed by atoms with van der Waals surface area (Å²) >= 11 is 5.87. The number of hydrogen-bond donors (Lipinski definition) is 1. The lowest BCUT2D eigenvalue weighted by Crippen LogP contribution is -2.43. The van der Waals surface area contributed by atoms with Gasteiger partial charge in [-0.2, -0.15) is 0 Å². The molecular formula is C10H15ClO5. The Bertz CT molecular complexity index is 252. The quantitative estimate of drug-likeness (QED) is 0.565. The van der Waals surface area contributed by atoms with Gasteiger partial charge in [-0.25, -0.2) is 0 Å². The molecule has 1 N–H and O–H groups in total. The van der Waals surface area contributed by atoms with Crippen LogP contribution in [0.3, 0.4) is 0 Å². The minimum Gasteiger partial charge on any atom is -0.469 e. The molecule has 1 fully saturated rings. The first kappa shape index (κ1) is 13.3. The predicted molar refractivity (Wildman–Crippen MR) is 55.9 cm³/mol. The molecule has 0 amide bonds. The van der Waals surface area contributed by atoms with Crippen molar-refractivity contribution in [3.63, 3.8) is 0 Å². The second-order valence-electron chi connectivity index (χ2n) is 3.81. The van der Waals surface area contributed by atoms with Crippen molar-refractivity contribution >= 4 is 23.5 Å². The van der Waals surface area contributed by atoms with Crippen molar-refractivity contribution in [2.24, 2.45) is 11.8 Å². The summed E-state index contributed by atoms with van der Waals surface area (Å²) in [6.45, 7) is 0. The lowest BCUT2D eigenvalue weighted by Gasteiger charge is -2.33. The fourth-order valence-electron chi connectivity index (χ4n) is 1.96. The van der Waals surface area contributed by atoms with E-state index in [1.165, 1.54) is 14.2 Å². The Hall–Kier alpha value is -0.810. The monoisotopic (exact) mass is 250 g/mol. The van der Waals surface area contributed by atoms with E-state index in [1.807, 2.05) is 0 Å². The molecule has 1 aliphatic carbocycles. The van der Waals surface area contributed by atoms with Crippen LogP contribution in [-0.4, -0.2) is 42.7 Å². The number of ether oxygens (including phenoxy) is 2. The van der Waals surface area contributed by atoms with E-state index in [1.54, 1.807) is 0 Å². The van der Waals surface area contributed by atoms with Crippen molar-refractivity contribution < 1.29 is 24.2 Å². The largest absolute Gasteiger partial charge is 0.469 e. The first-order valence-electron chi connectivity index (χ1n) is 4.99. The van der Waals surface area contributed by atoms with Crippen molar-refractivity contribution in [2.45, 2.75) is 24.3 Å². The third-order valence-corrected chi connectivity index (χ3v) is 3.35. The minimum absolute atomic E-state index is 0.126. The molecule has 1 aliphatic rings. The normalized spacial score (nSPS) is 34.2. The first-order valence-corrected chi connectivity index (χ1v) is 5.42. The van der Waals surface area contributed by atoms with E-state index in [0.29, 0.717) is 0 Å². The van der Waals surface area contributed by atoms with Crippen LogP contribution in [0, 0.1) is 11.8 Å². The van der Waals surface area contributed by atoms with Crippen molar-refractivity contribution in [1.82, 2.24) is 0 Å². The van der Waals surface area contributed by atoms with E-state index in [-0.39, 0.29) is 12.8 Å². The van der Waals surface area contributed by atoms with E-state index >= 15 is 0 Å². The van der Waals surface area contributed by atoms with E-state index < -0.39 is 35.3 Å². The number of aliphatic hydroxyl groups is 1. The van der Waals surface area contributed by atoms with Crippen LogP contribution >= 0.6 is 11.6 Å². The number of carbonyl (C=O) groups excluding carboxylic acids is 2. The lowest BCUT2D eigenvalue weighted by atomic mass is 9.77. The molecule has 1 rings (SSSR count). The molecule has 0 aromatic heterocycles. The van der Waals surface area contributed by atoms with Gasteiger partial charge in [0.25, 0.3) is 0 Å². The SMILES string of the molecule is COC(=O)[C@H]1C[C@H](O)[C@@H](Cl)C[C@H]1C(=O)OC. The van der Waals surface area contributed by atoms with Crippen LogP contribution in [0.1, 0.15) is 12.8 Å². The Balaban J connectivity index is 2.83. The Morgan fingerprint density at radius 1 is 1.12 bits per heavy atom. The Kier molecular flexibility index (Phi) is 4.56. The van der Waals surface area contributed by atoms with Crippen LogP contribution in [0.25, 0.3) is 0 Å². The number of halogens is 1. The molecule has 0 bridgehead atoms. The van der Waals surface area contributed by atoms with Crippen LogP contribution in [0.15, 0.2) is 0 Å². The molecule has 0 aliphatic heterocycles. The smallest absolute Gasteiger partial charge is 0.309 e. The molecule has 4 atom stereocenters. The highest BCUT2D eigenvalue weighted by Crippen LogP contribution is 2.34. The summed E-state index contributed by atoms with van der Waals surface area (Å²) < 4.78 is 9.21. The van der Waals surface area contributed by atoms with Gasteiger partial charge in [0.2, 0.25) is 0 Å². The number of rotatable bonds is 2. The number of hydrogen-bond acceptors (Lipinski definition) is 5. The van der Waals surface area contributed by atoms with Crippen molar-refractivity contribution in [3.8, 4) is 0 Å². The number of esters is 2. The number of carbonyl (C=O) groups is 2. The van der Waals surface area contributed by atoms with Gasteiger partial charge in [-0.05, 0) is 12.8 Å². The summed E-state index contributed by atoms with van der Waals surface area (Å²) in [5.74, 6) is -2.32. The Morgan fingerprint density at radius 3 is 2.00 bits per heavy atom. The summed E-state index contributed by atoms with van der Waals surface area (Å²) in [6.07, 6.45) is -0.456. The van der Waals surface area contributed by atoms with E-state index in [4.69, 9.17) is 11.6 Å². The fraction of sp³-hybridized carbons (Fsp3) is 0.800. The summed E-state index contributed by atoms with van der Waals surface area (Å²) in [6, 6.07) is 0. The van der Waals surface area contributed by atoms with Crippen molar-refractivity contribution in [1.29, 1.82) is 0 Å². The van der Waals surface area contributed by atoms with Crippen LogP contribution in [0.5, 0.6) is 0 Å². The lowest BCUT2D eigenvalue weighted by molar-refractivity contribution is -0.161. The second kappa shape index (κ2) is 5.50. The minimum atomic E-state index is -0.799. The van der Waals surface area contributed by atoms with Crippen LogP contribution in [0.2, 0.25) is 0 Å². The van der Waals surface area contributed by atoms with Gasteiger partial charge in [-0.15, -0.1) is 11.6 Å². The molecule has 6 heteroatoms. The molecular weight excluding hydrogens is 236 g/mol. The van der Waals surface area contributed by atoms with Crippen molar-refractivity contribution in [3.05, 3.63) is 0 Å². The topological polar surface area (TPSA) is 72.8 Å². The Labute approximate surface area is 98.7 Å². The molecule has 1 saturated carbocycles. The summed E-state index contributed by atoms with van der Waals surface area (Å²) in [5, 5.41) is 9.04. The zero-order valence-electron chi connectivity index (χ0n) is 9.18. The maximum absolute atomic E-state index is 11.5. The zero-order chi connectivity index (χ0) is 12.3. The van der Waals surface area contributed by atoms with Gasteiger partial charge in [-0.1, -0.05) is 0 Å². The highest BCUT2D eigenvalue weighted by atomic mass is 35.5. The first-order chi connectivity index (χ1) is 7.51. The molecule has 92 valence electrons. The molecule has 5 nitrogen and oxygen atoms in total. The molecule has 0 unspecified atom stereocenters. The van der Waals surface area contributed by atoms with Crippen molar-refractivity contribution in [2.75, 3.05) is 14.2 Å². The predicted octanol–water partition coefficient (Wildman–Crippen LogP) is 0.327. The third kappa shape index (κ3) is 2.65. The second-order valence-corrected chi connectivity index (χ2v) is 4.37. The average molecular weight is 251 g/mol. The maximum Gasteiger partial charge on any atom is 0.309 e. The van der Waals surface area contributed by atoms with Gasteiger partial charge in [-0.3, -0.25) is 9.59 Å². The molecule has 0 saturated heterocycles. The third-order valence-electron chi connectivity index (χ3n) is 2.89. The van der Waals surface area contributed by atoms with Gasteiger partial charge in [0.15, 0.2) is 0 Å². The number of methoxy groups -OCH3 is 2. The zero-order valence-corrected chi connectivity index (χ0v) is 9.94. The van der Waals surface area contributed by atoms with Gasteiger partial charge in [0.1, 0.15) is 0 Å². The van der Waals surface area contributed by atoms with Gasteiger partial charge >= 0.3 is 11.9 Å². The standard InChI is InChI=1S/C10H15ClO5/c1-15-9(13)5-3-7(11)8(12)4-6(5)10(14)16-2/h5-8,12H,3-4H2,1-2H3/t5-,6+,7+,8+/m1/s1. The maximum atomic E-state index is 11.5. The molecule has 0 radical (unpaired) electrons. The van der Waals surface area contributed by atoms with E-state index in [2.05, 4.69) is 9.47 Å². The highest BCUT2D eigenvalue weighted by Gasteiger charge is 2.44. The van der Waals surface area contributed by atoms with Crippen LogP contribution in [0.4, 0.5) is 0 Å². The molecule has 0 aromatic rings. The van der Waals surface area contributed by atoms with Gasteiger partial charge in [0, 0.05) is 0 Å². The van der Waals surface area contributed by atoms with E-state index in [9.17, 15) is 14.7 Å². The van der Waals surface area contributed by atoms with Crippen LogP contribution < -0.4 is 0 Å². The number of alkyl halides is 1. The molecule has 16 heavy (non-hydrogen) atoms. The average Bonchev–Trinajstić information content (AvgIpc) is 2.30. The molecule has 0 heterocycles. The Morgan fingerprint density at radius 2 is 1.56 bits per heavy atom. The summed E-state index contributed by atoms with van der Waals surface area (Å²) in [7, 11) is 2.50. The van der Waals surface area contributed by atoms with Gasteiger partial charge in [0.05, 0.1) is 37.5 Å².